The van der Waals surface area contributed by atoms with Crippen molar-refractivity contribution in [1.82, 2.24) is 40.4 Å². The van der Waals surface area contributed by atoms with Crippen molar-refractivity contribution in [3.8, 4) is 0 Å². The number of alkyl halides is 1. The fourth-order valence-electron chi connectivity index (χ4n) is 10.1. The van der Waals surface area contributed by atoms with Gasteiger partial charge in [0.25, 0.3) is 18.3 Å². The van der Waals surface area contributed by atoms with Gasteiger partial charge < -0.3 is 70.0 Å². The molecule has 7 aromatic rings. The van der Waals surface area contributed by atoms with E-state index in [0.717, 1.165) is 25.7 Å². The van der Waals surface area contributed by atoms with E-state index in [1.54, 1.807) is 78.9 Å². The van der Waals surface area contributed by atoms with Crippen molar-refractivity contribution in [2.45, 2.75) is 95.7 Å². The maximum absolute atomic E-state index is 14.1. The van der Waals surface area contributed by atoms with Gasteiger partial charge in [-0.2, -0.15) is 10.2 Å². The molecular weight excluding hydrogens is 1420 g/mol. The molecule has 0 unspecified atom stereocenters. The molecule has 0 saturated heterocycles. The number of carbonyl (C=O) groups is 8. The van der Waals surface area contributed by atoms with E-state index in [4.69, 9.17) is 89.0 Å². The first-order valence-corrected chi connectivity index (χ1v) is 31.5. The second-order valence-corrected chi connectivity index (χ2v) is 23.8. The van der Waals surface area contributed by atoms with Gasteiger partial charge in [-0.15, -0.1) is 11.6 Å². The second-order valence-electron chi connectivity index (χ2n) is 22.3. The Morgan fingerprint density at radius 1 is 0.643 bits per heavy atom. The molecule has 98 heavy (non-hydrogen) atoms. The van der Waals surface area contributed by atoms with Crippen LogP contribution in [0.5, 0.6) is 0 Å². The molecule has 3 aliphatic rings. The number of carbonyl (C=O) groups excluding carboxylic acids is 7. The molecule has 0 bridgehead atoms. The number of nitrogens with one attached hydrogen (secondary N) is 3. The van der Waals surface area contributed by atoms with Gasteiger partial charge >= 0.3 is 109 Å². The number of para-hydroxylation sites is 2. The third-order valence-corrected chi connectivity index (χ3v) is 16.6. The number of rotatable bonds is 24. The Morgan fingerprint density at radius 3 is 1.48 bits per heavy atom. The molecule has 3 saturated carbocycles. The summed E-state index contributed by atoms with van der Waals surface area (Å²) in [5.41, 5.74) is 18.4. The fourth-order valence-corrected chi connectivity index (χ4v) is 10.8. The Morgan fingerprint density at radius 2 is 1.06 bits per heavy atom. The first-order chi connectivity index (χ1) is 45.9. The van der Waals surface area contributed by atoms with Crippen LogP contribution in [0.1, 0.15) is 84.0 Å². The van der Waals surface area contributed by atoms with E-state index in [9.17, 15) is 51.8 Å². The summed E-state index contributed by atoms with van der Waals surface area (Å²) in [5, 5.41) is 61.5. The topological polar surface area (TPSA) is 403 Å². The molecule has 0 spiro atoms. The van der Waals surface area contributed by atoms with Crippen LogP contribution in [0.15, 0.2) is 103 Å². The number of hydrogen-bond acceptors (Lipinski definition) is 17. The Hall–Kier alpha value is -5.02. The number of carboxylic acid groups (broad SMARTS) is 1. The molecule has 25 nitrogen and oxygen atoms in total. The number of ketones is 1. The number of Topliss-reactive ketones (excluding diaryl/α,β-unsaturated/α-hetero) is 1. The van der Waals surface area contributed by atoms with Gasteiger partial charge in [-0.05, 0) is 98.6 Å². The van der Waals surface area contributed by atoms with Crippen molar-refractivity contribution < 1.29 is 186 Å². The monoisotopic (exact) mass is 1500 g/mol. The number of aliphatic hydroxyl groups is 3. The number of nitrogens with two attached hydrogens (primary N) is 3. The van der Waals surface area contributed by atoms with Crippen LogP contribution in [-0.2, 0) is 66.3 Å². The summed E-state index contributed by atoms with van der Waals surface area (Å²) in [6.07, 6.45) is 5.56. The number of halogens is 7. The van der Waals surface area contributed by atoms with E-state index in [1.165, 1.54) is 38.5 Å². The van der Waals surface area contributed by atoms with Gasteiger partial charge in [-0.1, -0.05) is 108 Å². The summed E-state index contributed by atoms with van der Waals surface area (Å²) in [5.74, 6) is -4.15. The summed E-state index contributed by atoms with van der Waals surface area (Å²) in [4.78, 5) is 94.7. The minimum atomic E-state index is -1.02. The number of aliphatic hydroxyl groups excluding tert-OH is 3. The molecule has 5 amide bonds. The van der Waals surface area contributed by atoms with E-state index < -0.39 is 41.1 Å². The number of amides is 5. The number of nitrogens with zero attached hydrogens (tertiary/aromatic N) is 5. The van der Waals surface area contributed by atoms with Crippen molar-refractivity contribution in [2.75, 3.05) is 38.8 Å². The maximum Gasteiger partial charge on any atom is 1.00 e. The van der Waals surface area contributed by atoms with Gasteiger partial charge in [0.15, 0.2) is 11.4 Å². The number of primary amides is 2. The predicted molar refractivity (Wildman–Crippen MR) is 349 cm³/mol. The maximum atomic E-state index is 14.1. The largest absolute Gasteiger partial charge is 1.00 e. The molecule has 0 radical (unpaired) electrons. The van der Waals surface area contributed by atoms with Crippen molar-refractivity contribution in [3.05, 3.63) is 164 Å². The molecular formula is C64H74Cl4F3K2N11O14. The summed E-state index contributed by atoms with van der Waals surface area (Å²) >= 11 is 22.4. The summed E-state index contributed by atoms with van der Waals surface area (Å²) in [7, 11) is 0. The second kappa shape index (κ2) is 45.1. The van der Waals surface area contributed by atoms with Gasteiger partial charge in [0.2, 0.25) is 17.7 Å². The zero-order valence-corrected chi connectivity index (χ0v) is 62.8. The van der Waals surface area contributed by atoms with Gasteiger partial charge in [0, 0.05) is 79.4 Å². The van der Waals surface area contributed by atoms with Gasteiger partial charge in [-0.3, -0.25) is 47.7 Å². The average molecular weight is 1500 g/mol. The number of benzene rings is 5. The molecule has 13 N–H and O–H groups in total. The quantitative estimate of drug-likeness (QED) is 0.0114. The van der Waals surface area contributed by atoms with Crippen molar-refractivity contribution in [1.29, 1.82) is 0 Å². The Bertz CT molecular complexity index is 3800. The van der Waals surface area contributed by atoms with E-state index in [2.05, 4.69) is 31.0 Å². The standard InChI is InChI=1S/C24H25ClFN5O4.C14H18ClFN2O2.C10H9Cl2FO.C10H9N3O3.C5H11NO.CH2O3.2K.H/c25-18-6-3-4-15(22(18)26)10-28-20(33)11-30(16-8-14(9-16)13-32)21(34)12-31-19-7-2-1-5-17(19)23(29-31)24(27)35;15-12-3-1-2-10(14(12)16)6-18-13(20)7-17-11-4-9(5-11)8-19;11-6-8(14)5-4-7-2-1-3-9(12)10(7)13;11-10(16)9-6-3-1-2-4-7(6)13(12-9)5-8(14)15;6-5-1-4(2-5)3-7;2-1-4-3;;;/h1-7,14,16,32H,8-13H2,(H2,27,35)(H,28,33);1-3,9,11,17,19H,4-8H2,(H,18,20);1-3H,4-6H2;1-4H,5H2,(H2,11,16)(H,14,15);4-5,7H,1-3,6H2;1,3H;;;/q;;;;;;2*+1;-1/p-1. The summed E-state index contributed by atoms with van der Waals surface area (Å²) < 4.78 is 43.6. The van der Waals surface area contributed by atoms with Crippen LogP contribution in [-0.4, -0.2) is 150 Å². The number of carboxylic acids is 1. The van der Waals surface area contributed by atoms with Gasteiger partial charge in [-0.25, -0.2) is 13.2 Å². The Balaban J connectivity index is 0.000000446. The third-order valence-electron chi connectivity index (χ3n) is 15.4. The van der Waals surface area contributed by atoms with Crippen LogP contribution in [0.3, 0.4) is 0 Å². The summed E-state index contributed by atoms with van der Waals surface area (Å²) in [6, 6.07) is 28.2. The van der Waals surface area contributed by atoms with E-state index in [1.807, 2.05) is 0 Å². The molecule has 0 aliphatic heterocycles. The number of fused-ring (bicyclic) bond motifs is 2. The molecule has 3 fully saturated rings. The zero-order valence-electron chi connectivity index (χ0n) is 54.6. The van der Waals surface area contributed by atoms with E-state index in [0.29, 0.717) is 82.7 Å². The zero-order chi connectivity index (χ0) is 70.6. The number of aryl methyl sites for hydroxylation is 1. The number of aliphatic carboxylic acids is 1. The molecule has 10 rings (SSSR count). The van der Waals surface area contributed by atoms with Gasteiger partial charge in [0.05, 0.1) is 45.1 Å². The molecule has 2 heterocycles. The van der Waals surface area contributed by atoms with E-state index >= 15 is 0 Å². The third kappa shape index (κ3) is 27.4. The van der Waals surface area contributed by atoms with Crippen LogP contribution in [0.4, 0.5) is 13.2 Å². The normalized spacial score (nSPS) is 16.7. The first kappa shape index (κ1) is 87.2. The smallest absolute Gasteiger partial charge is 1.00 e. The first-order valence-electron chi connectivity index (χ1n) is 29.8. The van der Waals surface area contributed by atoms with Crippen LogP contribution < -0.4 is 141 Å². The van der Waals surface area contributed by atoms with Crippen molar-refractivity contribution >= 4 is 116 Å². The fraction of sp³-hybridized carbons (Fsp3) is 0.375. The SMILES string of the molecule is NC(=O)c1nn(CC(=O)N(CC(=O)NCc2cccc(Cl)c2F)C2CC(CO)C2)c2ccccc12.NC(=O)c1nn(CC(=O)O)c2ccccc12.NC1CC(CO)C1.O=C(CCl)CCc1cccc(Cl)c1F.O=C(CNC1CC(CO)C1)NCc1cccc(Cl)c1F.O=CO[O-].[H-].[K+].[K+]. The molecule has 5 aromatic carbocycles. The van der Waals surface area contributed by atoms with E-state index in [-0.39, 0.29) is 237 Å². The molecule has 2 aromatic heterocycles. The Labute approximate surface area is 668 Å². The molecule has 34 heteroatoms. The van der Waals surface area contributed by atoms with Crippen LogP contribution in [0.25, 0.3) is 21.8 Å². The average Bonchev–Trinajstić information content (AvgIpc) is 1.80. The minimum absolute atomic E-state index is 0. The molecule has 0 atom stereocenters. The van der Waals surface area contributed by atoms with Crippen LogP contribution >= 0.6 is 46.4 Å². The Kier molecular flexibility index (Phi) is 40.1. The molecule has 520 valence electrons. The van der Waals surface area contributed by atoms with Crippen LogP contribution in [0, 0.1) is 35.2 Å². The van der Waals surface area contributed by atoms with Crippen LogP contribution in [0.2, 0.25) is 15.1 Å². The summed E-state index contributed by atoms with van der Waals surface area (Å²) in [6.45, 7) is -0.148. The van der Waals surface area contributed by atoms with Gasteiger partial charge in [0.1, 0.15) is 36.3 Å². The number of aromatic nitrogens is 4. The minimum Gasteiger partial charge on any atom is -1.00 e. The van der Waals surface area contributed by atoms with Crippen molar-refractivity contribution in [3.63, 3.8) is 0 Å². The number of hydrogen-bond donors (Lipinski definition) is 10. The molecule has 3 aliphatic carbocycles. The van der Waals surface area contributed by atoms with Crippen molar-refractivity contribution in [2.24, 2.45) is 35.0 Å². The predicted octanol–water partition coefficient (Wildman–Crippen LogP) is -0.990.